The van der Waals surface area contributed by atoms with Crippen molar-refractivity contribution in [3.05, 3.63) is 29.6 Å². The van der Waals surface area contributed by atoms with E-state index in [0.29, 0.717) is 0 Å². The molecule has 14 heavy (non-hydrogen) atoms. The lowest BCUT2D eigenvalue weighted by Crippen LogP contribution is -2.20. The first-order valence-electron chi connectivity index (χ1n) is 5.38. The van der Waals surface area contributed by atoms with Crippen LogP contribution in [0.25, 0.3) is 0 Å². The highest BCUT2D eigenvalue weighted by Gasteiger charge is 2.18. The second-order valence-electron chi connectivity index (χ2n) is 4.38. The van der Waals surface area contributed by atoms with Crippen molar-refractivity contribution >= 4 is 0 Å². The molecule has 1 aliphatic rings. The highest BCUT2D eigenvalue weighted by molar-refractivity contribution is 5.18. The minimum Gasteiger partial charge on any atom is -0.299 e. The van der Waals surface area contributed by atoms with Gasteiger partial charge in [0, 0.05) is 25.0 Å². The number of aromatic nitrogens is 1. The lowest BCUT2D eigenvalue weighted by molar-refractivity contribution is 0.319. The molecule has 76 valence electrons. The standard InChI is InChI=1S/C12H18N2/c1-10-5-7-14(8-10)9-12-4-3-6-13-11(12)2/h3-4,6,10H,5,7-9H2,1-2H3. The van der Waals surface area contributed by atoms with Gasteiger partial charge in [0.15, 0.2) is 0 Å². The Morgan fingerprint density at radius 3 is 3.07 bits per heavy atom. The van der Waals surface area contributed by atoms with Crippen LogP contribution >= 0.6 is 0 Å². The summed E-state index contributed by atoms with van der Waals surface area (Å²) in [5.74, 6) is 0.868. The van der Waals surface area contributed by atoms with Crippen LogP contribution in [0.1, 0.15) is 24.6 Å². The minimum absolute atomic E-state index is 0.868. The van der Waals surface area contributed by atoms with Crippen LogP contribution in [-0.2, 0) is 6.54 Å². The molecule has 2 heterocycles. The van der Waals surface area contributed by atoms with Crippen molar-refractivity contribution in [3.8, 4) is 0 Å². The Balaban J connectivity index is 2.01. The van der Waals surface area contributed by atoms with Gasteiger partial charge in [0.2, 0.25) is 0 Å². The molecule has 0 spiro atoms. The van der Waals surface area contributed by atoms with Gasteiger partial charge in [-0.15, -0.1) is 0 Å². The predicted molar refractivity (Wildman–Crippen MR) is 58.0 cm³/mol. The summed E-state index contributed by atoms with van der Waals surface area (Å²) in [7, 11) is 0. The minimum atomic E-state index is 0.868. The zero-order valence-corrected chi connectivity index (χ0v) is 9.03. The van der Waals surface area contributed by atoms with Gasteiger partial charge in [-0.3, -0.25) is 9.88 Å². The maximum atomic E-state index is 4.31. The van der Waals surface area contributed by atoms with Crippen LogP contribution in [0.2, 0.25) is 0 Å². The van der Waals surface area contributed by atoms with Crippen LogP contribution in [0, 0.1) is 12.8 Å². The summed E-state index contributed by atoms with van der Waals surface area (Å²) in [6.45, 7) is 7.98. The summed E-state index contributed by atoms with van der Waals surface area (Å²) in [6, 6.07) is 4.22. The molecular weight excluding hydrogens is 172 g/mol. The molecule has 2 rings (SSSR count). The zero-order chi connectivity index (χ0) is 9.97. The predicted octanol–water partition coefficient (Wildman–Crippen LogP) is 2.23. The number of rotatable bonds is 2. The van der Waals surface area contributed by atoms with Crippen molar-refractivity contribution in [3.63, 3.8) is 0 Å². The molecule has 1 atom stereocenters. The fourth-order valence-electron chi connectivity index (χ4n) is 2.10. The molecule has 0 N–H and O–H groups in total. The normalized spacial score (nSPS) is 22.9. The first-order chi connectivity index (χ1) is 6.75. The van der Waals surface area contributed by atoms with Crippen molar-refractivity contribution < 1.29 is 0 Å². The fraction of sp³-hybridized carbons (Fsp3) is 0.583. The maximum absolute atomic E-state index is 4.31. The Morgan fingerprint density at radius 1 is 1.57 bits per heavy atom. The molecule has 0 aliphatic carbocycles. The second-order valence-corrected chi connectivity index (χ2v) is 4.38. The Labute approximate surface area is 86.0 Å². The van der Waals surface area contributed by atoms with E-state index in [9.17, 15) is 0 Å². The van der Waals surface area contributed by atoms with E-state index >= 15 is 0 Å². The van der Waals surface area contributed by atoms with Gasteiger partial charge in [0.1, 0.15) is 0 Å². The summed E-state index contributed by atoms with van der Waals surface area (Å²) in [5.41, 5.74) is 2.55. The van der Waals surface area contributed by atoms with Crippen molar-refractivity contribution in [2.45, 2.75) is 26.8 Å². The Morgan fingerprint density at radius 2 is 2.43 bits per heavy atom. The van der Waals surface area contributed by atoms with Crippen molar-refractivity contribution in [1.29, 1.82) is 0 Å². The summed E-state index contributed by atoms with van der Waals surface area (Å²) >= 11 is 0. The lowest BCUT2D eigenvalue weighted by atomic mass is 10.2. The van der Waals surface area contributed by atoms with E-state index in [1.165, 1.54) is 30.8 Å². The van der Waals surface area contributed by atoms with Gasteiger partial charge in [-0.05, 0) is 37.4 Å². The van der Waals surface area contributed by atoms with Crippen molar-refractivity contribution in [2.75, 3.05) is 13.1 Å². The average Bonchev–Trinajstić information content (AvgIpc) is 2.56. The molecule has 0 amide bonds. The molecule has 1 aliphatic heterocycles. The molecule has 2 heteroatoms. The molecular formula is C12H18N2. The van der Waals surface area contributed by atoms with Gasteiger partial charge in [0.05, 0.1) is 0 Å². The zero-order valence-electron chi connectivity index (χ0n) is 9.03. The molecule has 0 radical (unpaired) electrons. The van der Waals surface area contributed by atoms with E-state index in [-0.39, 0.29) is 0 Å². The Hall–Kier alpha value is -0.890. The molecule has 1 unspecified atom stereocenters. The van der Waals surface area contributed by atoms with Crippen LogP contribution in [0.4, 0.5) is 0 Å². The molecule has 1 aromatic heterocycles. The largest absolute Gasteiger partial charge is 0.299 e. The molecule has 0 saturated carbocycles. The van der Waals surface area contributed by atoms with Gasteiger partial charge < -0.3 is 0 Å². The van der Waals surface area contributed by atoms with E-state index in [4.69, 9.17) is 0 Å². The quantitative estimate of drug-likeness (QED) is 0.711. The summed E-state index contributed by atoms with van der Waals surface area (Å²) in [4.78, 5) is 6.84. The first kappa shape index (κ1) is 9.66. The van der Waals surface area contributed by atoms with Gasteiger partial charge in [-0.2, -0.15) is 0 Å². The maximum Gasteiger partial charge on any atom is 0.0417 e. The van der Waals surface area contributed by atoms with Crippen molar-refractivity contribution in [1.82, 2.24) is 9.88 Å². The highest BCUT2D eigenvalue weighted by Crippen LogP contribution is 2.18. The van der Waals surface area contributed by atoms with Crippen LogP contribution in [-0.4, -0.2) is 23.0 Å². The molecule has 0 aromatic carbocycles. The third-order valence-corrected chi connectivity index (χ3v) is 3.02. The van der Waals surface area contributed by atoms with Gasteiger partial charge in [-0.1, -0.05) is 13.0 Å². The Bertz CT molecular complexity index is 309. The number of nitrogens with zero attached hydrogens (tertiary/aromatic N) is 2. The van der Waals surface area contributed by atoms with E-state index < -0.39 is 0 Å². The van der Waals surface area contributed by atoms with Crippen LogP contribution in [0.15, 0.2) is 18.3 Å². The monoisotopic (exact) mass is 190 g/mol. The third-order valence-electron chi connectivity index (χ3n) is 3.02. The summed E-state index contributed by atoms with van der Waals surface area (Å²) in [6.07, 6.45) is 3.21. The van der Waals surface area contributed by atoms with Crippen LogP contribution < -0.4 is 0 Å². The second kappa shape index (κ2) is 4.09. The molecule has 0 bridgehead atoms. The van der Waals surface area contributed by atoms with E-state index in [2.05, 4.69) is 29.8 Å². The van der Waals surface area contributed by atoms with Crippen molar-refractivity contribution in [2.24, 2.45) is 5.92 Å². The highest BCUT2D eigenvalue weighted by atomic mass is 15.1. The lowest BCUT2D eigenvalue weighted by Gasteiger charge is -2.16. The smallest absolute Gasteiger partial charge is 0.0417 e. The number of hydrogen-bond donors (Lipinski definition) is 0. The van der Waals surface area contributed by atoms with Gasteiger partial charge in [-0.25, -0.2) is 0 Å². The fourth-order valence-corrected chi connectivity index (χ4v) is 2.10. The Kier molecular flexibility index (Phi) is 2.82. The van der Waals surface area contributed by atoms with Gasteiger partial charge >= 0.3 is 0 Å². The number of likely N-dealkylation sites (tertiary alicyclic amines) is 1. The SMILES string of the molecule is Cc1ncccc1CN1CCC(C)C1. The summed E-state index contributed by atoms with van der Waals surface area (Å²) in [5, 5.41) is 0. The molecule has 2 nitrogen and oxygen atoms in total. The number of hydrogen-bond acceptors (Lipinski definition) is 2. The van der Waals surface area contributed by atoms with Gasteiger partial charge in [0.25, 0.3) is 0 Å². The topological polar surface area (TPSA) is 16.1 Å². The number of aryl methyl sites for hydroxylation is 1. The summed E-state index contributed by atoms with van der Waals surface area (Å²) < 4.78 is 0. The van der Waals surface area contributed by atoms with E-state index in [1.54, 1.807) is 0 Å². The van der Waals surface area contributed by atoms with E-state index in [0.717, 1.165) is 12.5 Å². The average molecular weight is 190 g/mol. The third kappa shape index (κ3) is 2.13. The first-order valence-corrected chi connectivity index (χ1v) is 5.38. The molecule has 1 saturated heterocycles. The van der Waals surface area contributed by atoms with Crippen LogP contribution in [0.5, 0.6) is 0 Å². The molecule has 1 fully saturated rings. The molecule has 1 aromatic rings. The van der Waals surface area contributed by atoms with Crippen LogP contribution in [0.3, 0.4) is 0 Å². The van der Waals surface area contributed by atoms with E-state index in [1.807, 2.05) is 12.3 Å². The number of pyridine rings is 1.